The molecule has 0 atom stereocenters. The molecule has 0 saturated heterocycles. The molecule has 0 amide bonds. The van der Waals surface area contributed by atoms with Crippen molar-refractivity contribution < 1.29 is 4.74 Å². The summed E-state index contributed by atoms with van der Waals surface area (Å²) in [6.45, 7) is 4.11. The molecule has 0 spiro atoms. The number of nitrogens with zero attached hydrogens (tertiary/aromatic N) is 1. The average molecular weight is 299 g/mol. The van der Waals surface area contributed by atoms with Gasteiger partial charge in [0.2, 0.25) is 0 Å². The molecule has 5 heteroatoms. The number of hydrogen-bond acceptors (Lipinski definition) is 3. The van der Waals surface area contributed by atoms with Crippen LogP contribution in [0.25, 0.3) is 0 Å². The van der Waals surface area contributed by atoms with E-state index in [9.17, 15) is 0 Å². The number of hydrogen-bond donors (Lipinski definition) is 2. The van der Waals surface area contributed by atoms with Gasteiger partial charge < -0.3 is 10.5 Å². The smallest absolute Gasteiger partial charge is 0.184 e. The van der Waals surface area contributed by atoms with E-state index in [1.165, 1.54) is 5.56 Å². The lowest BCUT2D eigenvalue weighted by molar-refractivity contribution is 0.478. The second kappa shape index (κ2) is 6.85. The molecule has 0 aliphatic carbocycles. The number of aryl methyl sites for hydroxylation is 1. The van der Waals surface area contributed by atoms with Crippen molar-refractivity contribution in [1.29, 1.82) is 0 Å². The molecule has 0 radical (unpaired) electrons. The highest BCUT2D eigenvalue weighted by Crippen LogP contribution is 2.26. The Morgan fingerprint density at radius 2 is 1.90 bits per heavy atom. The molecule has 108 valence electrons. The molecule has 3 N–H and O–H groups in total. The van der Waals surface area contributed by atoms with E-state index in [1.54, 1.807) is 6.21 Å². The summed E-state index contributed by atoms with van der Waals surface area (Å²) >= 11 is 4.66. The minimum Gasteiger partial charge on any atom is -0.457 e. The van der Waals surface area contributed by atoms with Crippen molar-refractivity contribution in [2.75, 3.05) is 0 Å². The monoisotopic (exact) mass is 299 g/mol. The Hall–Kier alpha value is -2.40. The van der Waals surface area contributed by atoms with Crippen LogP contribution in [0.3, 0.4) is 0 Å². The van der Waals surface area contributed by atoms with E-state index in [0.29, 0.717) is 0 Å². The number of nitrogens with two attached hydrogens (primary N) is 1. The van der Waals surface area contributed by atoms with Crippen LogP contribution < -0.4 is 15.9 Å². The Morgan fingerprint density at radius 1 is 1.19 bits per heavy atom. The molecule has 21 heavy (non-hydrogen) atoms. The first-order valence-corrected chi connectivity index (χ1v) is 6.90. The number of thiocarbonyl (C=S) groups is 1. The Morgan fingerprint density at radius 3 is 2.57 bits per heavy atom. The van der Waals surface area contributed by atoms with E-state index >= 15 is 0 Å². The van der Waals surface area contributed by atoms with Gasteiger partial charge in [-0.25, -0.2) is 0 Å². The summed E-state index contributed by atoms with van der Waals surface area (Å²) in [5, 5.41) is 4.04. The second-order valence-corrected chi connectivity index (χ2v) is 5.04. The van der Waals surface area contributed by atoms with Gasteiger partial charge in [0.25, 0.3) is 0 Å². The molecule has 2 rings (SSSR count). The van der Waals surface area contributed by atoms with Crippen LogP contribution in [0.15, 0.2) is 47.6 Å². The molecule has 0 saturated carbocycles. The SMILES string of the molecule is Cc1cccc(Oc2ccc(/C=N\NC(N)=S)cc2)c1C. The van der Waals surface area contributed by atoms with Gasteiger partial charge in [0.05, 0.1) is 6.21 Å². The maximum atomic E-state index is 5.89. The molecule has 2 aromatic carbocycles. The summed E-state index contributed by atoms with van der Waals surface area (Å²) in [5.74, 6) is 1.65. The molecule has 4 nitrogen and oxygen atoms in total. The first kappa shape index (κ1) is 15.0. The van der Waals surface area contributed by atoms with Gasteiger partial charge in [-0.05, 0) is 73.1 Å². The molecule has 0 heterocycles. The van der Waals surface area contributed by atoms with Crippen molar-refractivity contribution in [2.24, 2.45) is 10.8 Å². The number of rotatable bonds is 4. The van der Waals surface area contributed by atoms with Gasteiger partial charge in [0.1, 0.15) is 11.5 Å². The highest BCUT2D eigenvalue weighted by molar-refractivity contribution is 7.80. The molecular weight excluding hydrogens is 282 g/mol. The highest BCUT2D eigenvalue weighted by atomic mass is 32.1. The van der Waals surface area contributed by atoms with Gasteiger partial charge in [-0.1, -0.05) is 12.1 Å². The maximum Gasteiger partial charge on any atom is 0.184 e. The number of ether oxygens (including phenoxy) is 1. The zero-order valence-corrected chi connectivity index (χ0v) is 12.8. The number of hydrazone groups is 1. The van der Waals surface area contributed by atoms with Gasteiger partial charge in [-0.3, -0.25) is 5.43 Å². The predicted octanol–water partition coefficient (Wildman–Crippen LogP) is 3.26. The van der Waals surface area contributed by atoms with E-state index in [4.69, 9.17) is 10.5 Å². The maximum absolute atomic E-state index is 5.89. The summed E-state index contributed by atoms with van der Waals surface area (Å²) in [6, 6.07) is 13.6. The van der Waals surface area contributed by atoms with E-state index in [0.717, 1.165) is 22.6 Å². The third-order valence-electron chi connectivity index (χ3n) is 3.05. The fraction of sp³-hybridized carbons (Fsp3) is 0.125. The topological polar surface area (TPSA) is 59.6 Å². The Bertz CT molecular complexity index is 666. The largest absolute Gasteiger partial charge is 0.457 e. The highest BCUT2D eigenvalue weighted by Gasteiger charge is 2.03. The summed E-state index contributed by atoms with van der Waals surface area (Å²) in [5.41, 5.74) is 11.1. The van der Waals surface area contributed by atoms with Crippen molar-refractivity contribution in [1.82, 2.24) is 5.43 Å². The van der Waals surface area contributed by atoms with E-state index in [-0.39, 0.29) is 5.11 Å². The minimum absolute atomic E-state index is 0.140. The van der Waals surface area contributed by atoms with Gasteiger partial charge in [0.15, 0.2) is 5.11 Å². The standard InChI is InChI=1S/C16H17N3OS/c1-11-4-3-5-15(12(11)2)20-14-8-6-13(7-9-14)10-18-19-16(17)21/h3-10H,1-2H3,(H3,17,19,21)/b18-10-. The molecule has 0 bridgehead atoms. The molecule has 0 aliphatic heterocycles. The molecule has 0 aliphatic rings. The molecule has 0 fully saturated rings. The average Bonchev–Trinajstić information content (AvgIpc) is 2.45. The fourth-order valence-electron chi connectivity index (χ4n) is 1.75. The Kier molecular flexibility index (Phi) is 4.90. The minimum atomic E-state index is 0.140. The van der Waals surface area contributed by atoms with Gasteiger partial charge in [-0.2, -0.15) is 5.10 Å². The zero-order chi connectivity index (χ0) is 15.2. The van der Waals surface area contributed by atoms with Crippen LogP contribution in [0, 0.1) is 13.8 Å². The summed E-state index contributed by atoms with van der Waals surface area (Å²) in [6.07, 6.45) is 1.64. The van der Waals surface area contributed by atoms with Crippen molar-refractivity contribution in [2.45, 2.75) is 13.8 Å². The lowest BCUT2D eigenvalue weighted by atomic mass is 10.1. The third-order valence-corrected chi connectivity index (χ3v) is 3.14. The third kappa shape index (κ3) is 4.29. The van der Waals surface area contributed by atoms with E-state index in [2.05, 4.69) is 35.7 Å². The lowest BCUT2D eigenvalue weighted by Crippen LogP contribution is -2.23. The normalized spacial score (nSPS) is 10.6. The number of nitrogens with one attached hydrogen (secondary N) is 1. The Labute approximate surface area is 129 Å². The van der Waals surface area contributed by atoms with Crippen LogP contribution in [0.2, 0.25) is 0 Å². The summed E-state index contributed by atoms with van der Waals surface area (Å²) in [4.78, 5) is 0. The Balaban J connectivity index is 2.07. The lowest BCUT2D eigenvalue weighted by Gasteiger charge is -2.10. The van der Waals surface area contributed by atoms with Crippen molar-refractivity contribution in [3.8, 4) is 11.5 Å². The van der Waals surface area contributed by atoms with Gasteiger partial charge >= 0.3 is 0 Å². The van der Waals surface area contributed by atoms with Crippen LogP contribution in [-0.4, -0.2) is 11.3 Å². The van der Waals surface area contributed by atoms with Crippen LogP contribution in [0.1, 0.15) is 16.7 Å². The molecule has 0 aromatic heterocycles. The number of benzene rings is 2. The van der Waals surface area contributed by atoms with Gasteiger partial charge in [-0.15, -0.1) is 0 Å². The quantitative estimate of drug-likeness (QED) is 0.517. The molecule has 0 unspecified atom stereocenters. The van der Waals surface area contributed by atoms with Crippen molar-refractivity contribution in [3.63, 3.8) is 0 Å². The second-order valence-electron chi connectivity index (χ2n) is 4.60. The molecular formula is C16H17N3OS. The first-order chi connectivity index (χ1) is 10.1. The van der Waals surface area contributed by atoms with Crippen molar-refractivity contribution >= 4 is 23.5 Å². The van der Waals surface area contributed by atoms with Crippen LogP contribution in [0.5, 0.6) is 11.5 Å². The fourth-order valence-corrected chi connectivity index (χ4v) is 1.81. The predicted molar refractivity (Wildman–Crippen MR) is 89.9 cm³/mol. The van der Waals surface area contributed by atoms with Crippen LogP contribution in [-0.2, 0) is 0 Å². The zero-order valence-electron chi connectivity index (χ0n) is 12.0. The first-order valence-electron chi connectivity index (χ1n) is 6.49. The summed E-state index contributed by atoms with van der Waals surface area (Å²) < 4.78 is 5.89. The molecule has 2 aromatic rings. The van der Waals surface area contributed by atoms with E-state index in [1.807, 2.05) is 43.3 Å². The van der Waals surface area contributed by atoms with E-state index < -0.39 is 0 Å². The van der Waals surface area contributed by atoms with Crippen LogP contribution >= 0.6 is 12.2 Å². The summed E-state index contributed by atoms with van der Waals surface area (Å²) in [7, 11) is 0. The van der Waals surface area contributed by atoms with Crippen molar-refractivity contribution in [3.05, 3.63) is 59.2 Å². The van der Waals surface area contributed by atoms with Crippen LogP contribution in [0.4, 0.5) is 0 Å². The van der Waals surface area contributed by atoms with Gasteiger partial charge in [0, 0.05) is 0 Å².